The first-order valence-electron chi connectivity index (χ1n) is 7.88. The predicted molar refractivity (Wildman–Crippen MR) is 82.7 cm³/mol. The van der Waals surface area contributed by atoms with Gasteiger partial charge in [0.1, 0.15) is 5.82 Å². The minimum Gasteiger partial charge on any atom is -0.374 e. The van der Waals surface area contributed by atoms with Crippen molar-refractivity contribution >= 4 is 5.82 Å². The van der Waals surface area contributed by atoms with E-state index < -0.39 is 0 Å². The van der Waals surface area contributed by atoms with Gasteiger partial charge in [-0.15, -0.1) is 0 Å². The lowest BCUT2D eigenvalue weighted by Gasteiger charge is -2.39. The molecule has 2 aromatic rings. The van der Waals surface area contributed by atoms with Gasteiger partial charge in [-0.2, -0.15) is 5.10 Å². The van der Waals surface area contributed by atoms with Crippen LogP contribution in [0.2, 0.25) is 0 Å². The Morgan fingerprint density at radius 3 is 2.77 bits per heavy atom. The molecule has 2 aromatic heterocycles. The zero-order chi connectivity index (χ0) is 15.0. The molecule has 4 heterocycles. The largest absolute Gasteiger partial charge is 0.374 e. The fourth-order valence-electron chi connectivity index (χ4n) is 3.66. The molecular weight excluding hydrogens is 278 g/mol. The van der Waals surface area contributed by atoms with Gasteiger partial charge in [-0.1, -0.05) is 0 Å². The molecule has 0 aromatic carbocycles. The van der Waals surface area contributed by atoms with E-state index in [1.165, 1.54) is 5.56 Å². The number of aromatic nitrogens is 4. The molecule has 22 heavy (non-hydrogen) atoms. The fourth-order valence-corrected chi connectivity index (χ4v) is 3.66. The molecule has 2 aliphatic heterocycles. The van der Waals surface area contributed by atoms with Crippen LogP contribution in [0.3, 0.4) is 0 Å². The van der Waals surface area contributed by atoms with E-state index in [2.05, 4.69) is 26.2 Å². The molecule has 0 saturated carbocycles. The summed E-state index contributed by atoms with van der Waals surface area (Å²) in [5, 5.41) is 4.28. The predicted octanol–water partition coefficient (Wildman–Crippen LogP) is 1.75. The number of nitrogens with zero attached hydrogens (tertiary/aromatic N) is 5. The third-order valence-corrected chi connectivity index (χ3v) is 4.95. The van der Waals surface area contributed by atoms with Gasteiger partial charge in [-0.25, -0.2) is 4.98 Å². The third kappa shape index (κ3) is 2.47. The first kappa shape index (κ1) is 13.7. The average molecular weight is 299 g/mol. The van der Waals surface area contributed by atoms with Crippen LogP contribution in [0.15, 0.2) is 31.0 Å². The van der Waals surface area contributed by atoms with Gasteiger partial charge in [-0.3, -0.25) is 9.67 Å². The number of aryl methyl sites for hydroxylation is 1. The van der Waals surface area contributed by atoms with Crippen LogP contribution >= 0.6 is 0 Å². The Morgan fingerprint density at radius 2 is 2.09 bits per heavy atom. The Balaban J connectivity index is 1.41. The molecule has 0 radical (unpaired) electrons. The number of hydrogen-bond donors (Lipinski definition) is 0. The maximum Gasteiger partial charge on any atom is 0.147 e. The van der Waals surface area contributed by atoms with E-state index in [1.807, 2.05) is 24.1 Å². The van der Waals surface area contributed by atoms with Crippen molar-refractivity contribution in [3.05, 3.63) is 36.5 Å². The van der Waals surface area contributed by atoms with Crippen molar-refractivity contribution in [3.8, 4) is 0 Å². The summed E-state index contributed by atoms with van der Waals surface area (Å²) < 4.78 is 8.11. The quantitative estimate of drug-likeness (QED) is 0.845. The summed E-state index contributed by atoms with van der Waals surface area (Å²) >= 11 is 0. The van der Waals surface area contributed by atoms with Crippen LogP contribution in [0.5, 0.6) is 0 Å². The third-order valence-electron chi connectivity index (χ3n) is 4.95. The number of rotatable bonds is 2. The van der Waals surface area contributed by atoms with Crippen molar-refractivity contribution in [3.63, 3.8) is 0 Å². The summed E-state index contributed by atoms with van der Waals surface area (Å²) in [6, 6.07) is 0. The van der Waals surface area contributed by atoms with Crippen LogP contribution in [0.25, 0.3) is 0 Å². The highest BCUT2D eigenvalue weighted by molar-refractivity contribution is 5.36. The van der Waals surface area contributed by atoms with Gasteiger partial charge in [0.05, 0.1) is 24.6 Å². The molecule has 1 atom stereocenters. The number of piperidine rings is 1. The van der Waals surface area contributed by atoms with Gasteiger partial charge in [-0.05, 0) is 24.8 Å². The van der Waals surface area contributed by atoms with Crippen LogP contribution in [-0.2, 0) is 11.8 Å². The Kier molecular flexibility index (Phi) is 3.33. The van der Waals surface area contributed by atoms with Gasteiger partial charge >= 0.3 is 0 Å². The highest BCUT2D eigenvalue weighted by Gasteiger charge is 2.43. The molecule has 6 nitrogen and oxygen atoms in total. The summed E-state index contributed by atoms with van der Waals surface area (Å²) in [5.74, 6) is 1.45. The minimum absolute atomic E-state index is 0.0409. The summed E-state index contributed by atoms with van der Waals surface area (Å²) in [6.07, 6.45) is 12.6. The van der Waals surface area contributed by atoms with E-state index >= 15 is 0 Å². The Hall–Kier alpha value is -1.95. The van der Waals surface area contributed by atoms with Crippen molar-refractivity contribution in [2.75, 3.05) is 24.6 Å². The SMILES string of the molecule is Cn1cc([C@H]2COC3(CCN(c4cnccn4)CC3)C2)cn1. The second-order valence-corrected chi connectivity index (χ2v) is 6.39. The van der Waals surface area contributed by atoms with Crippen LogP contribution in [0.1, 0.15) is 30.7 Å². The second kappa shape index (κ2) is 5.35. The van der Waals surface area contributed by atoms with E-state index in [0.29, 0.717) is 5.92 Å². The first-order valence-corrected chi connectivity index (χ1v) is 7.88. The zero-order valence-corrected chi connectivity index (χ0v) is 12.9. The number of ether oxygens (including phenoxy) is 1. The van der Waals surface area contributed by atoms with E-state index in [0.717, 1.165) is 44.8 Å². The van der Waals surface area contributed by atoms with E-state index in [9.17, 15) is 0 Å². The Labute approximate surface area is 130 Å². The summed E-state index contributed by atoms with van der Waals surface area (Å²) in [7, 11) is 1.97. The van der Waals surface area contributed by atoms with Gasteiger partial charge in [0.2, 0.25) is 0 Å². The van der Waals surface area contributed by atoms with Crippen molar-refractivity contribution < 1.29 is 4.74 Å². The smallest absolute Gasteiger partial charge is 0.147 e. The molecule has 2 saturated heterocycles. The molecule has 0 unspecified atom stereocenters. The van der Waals surface area contributed by atoms with Crippen molar-refractivity contribution in [1.29, 1.82) is 0 Å². The summed E-state index contributed by atoms with van der Waals surface area (Å²) in [5.41, 5.74) is 1.34. The Bertz CT molecular complexity index is 633. The maximum absolute atomic E-state index is 6.24. The molecule has 1 spiro atoms. The fraction of sp³-hybridized carbons (Fsp3) is 0.562. The Morgan fingerprint density at radius 1 is 1.23 bits per heavy atom. The topological polar surface area (TPSA) is 56.1 Å². The molecule has 2 aliphatic rings. The molecule has 0 aliphatic carbocycles. The molecule has 116 valence electrons. The average Bonchev–Trinajstić information content (AvgIpc) is 3.16. The van der Waals surface area contributed by atoms with Crippen molar-refractivity contribution in [2.45, 2.75) is 30.8 Å². The van der Waals surface area contributed by atoms with Crippen LogP contribution < -0.4 is 4.90 Å². The van der Waals surface area contributed by atoms with Gasteiger partial charge in [0.15, 0.2) is 0 Å². The number of anilines is 1. The molecular formula is C16H21N5O. The first-order chi connectivity index (χ1) is 10.7. The lowest BCUT2D eigenvalue weighted by atomic mass is 9.84. The summed E-state index contributed by atoms with van der Waals surface area (Å²) in [6.45, 7) is 2.79. The monoisotopic (exact) mass is 299 g/mol. The number of hydrogen-bond acceptors (Lipinski definition) is 5. The van der Waals surface area contributed by atoms with Crippen LogP contribution in [-0.4, -0.2) is 45.0 Å². The molecule has 0 N–H and O–H groups in total. The normalized spacial score (nSPS) is 24.0. The molecule has 0 amide bonds. The lowest BCUT2D eigenvalue weighted by Crippen LogP contribution is -2.44. The van der Waals surface area contributed by atoms with Gasteiger partial charge in [0, 0.05) is 44.6 Å². The molecule has 2 fully saturated rings. The summed E-state index contributed by atoms with van der Waals surface area (Å²) in [4.78, 5) is 10.9. The minimum atomic E-state index is 0.0409. The van der Waals surface area contributed by atoms with Gasteiger partial charge in [0.25, 0.3) is 0 Å². The van der Waals surface area contributed by atoms with Crippen LogP contribution in [0.4, 0.5) is 5.82 Å². The van der Waals surface area contributed by atoms with Crippen molar-refractivity contribution in [1.82, 2.24) is 19.7 Å². The maximum atomic E-state index is 6.24. The van der Waals surface area contributed by atoms with Crippen LogP contribution in [0, 0.1) is 0 Å². The highest BCUT2D eigenvalue weighted by Crippen LogP contribution is 2.42. The standard InChI is InChI=1S/C16H21N5O/c1-20-11-14(9-19-20)13-8-16(22-12-13)2-6-21(7-3-16)15-10-17-4-5-18-15/h4-5,9-11,13H,2-3,6-8,12H2,1H3/t13-/m1/s1. The lowest BCUT2D eigenvalue weighted by molar-refractivity contribution is -0.0149. The van der Waals surface area contributed by atoms with E-state index in [1.54, 1.807) is 12.4 Å². The van der Waals surface area contributed by atoms with Gasteiger partial charge < -0.3 is 9.64 Å². The van der Waals surface area contributed by atoms with Crippen molar-refractivity contribution in [2.24, 2.45) is 7.05 Å². The van der Waals surface area contributed by atoms with E-state index in [-0.39, 0.29) is 5.60 Å². The van der Waals surface area contributed by atoms with E-state index in [4.69, 9.17) is 4.74 Å². The second-order valence-electron chi connectivity index (χ2n) is 6.39. The molecule has 0 bridgehead atoms. The highest BCUT2D eigenvalue weighted by atomic mass is 16.5. The molecule has 4 rings (SSSR count). The molecule has 6 heteroatoms. The zero-order valence-electron chi connectivity index (χ0n) is 12.9.